The van der Waals surface area contributed by atoms with Crippen LogP contribution in [0.15, 0.2) is 12.2 Å². The lowest BCUT2D eigenvalue weighted by molar-refractivity contribution is -0.0437. The average Bonchev–Trinajstić information content (AvgIpc) is 2.29. The molecule has 0 bridgehead atoms. The van der Waals surface area contributed by atoms with Crippen LogP contribution in [0.1, 0.15) is 26.7 Å². The molecule has 18 heavy (non-hydrogen) atoms. The fourth-order valence-electron chi connectivity index (χ4n) is 3.36. The summed E-state index contributed by atoms with van der Waals surface area (Å²) < 4.78 is 0. The van der Waals surface area contributed by atoms with Gasteiger partial charge in [0.15, 0.2) is 0 Å². The SMILES string of the molecule is C=C(C)CN1CCC2(CC1)CN(CCNCC)C2. The van der Waals surface area contributed by atoms with Crippen molar-refractivity contribution >= 4 is 0 Å². The first-order chi connectivity index (χ1) is 8.63. The molecule has 1 N–H and O–H groups in total. The maximum absolute atomic E-state index is 4.02. The average molecular weight is 251 g/mol. The fraction of sp³-hybridized carbons (Fsp3) is 0.867. The number of piperidine rings is 1. The molecule has 0 radical (unpaired) electrons. The molecule has 1 spiro atoms. The fourth-order valence-corrected chi connectivity index (χ4v) is 3.36. The minimum absolute atomic E-state index is 0.664. The molecule has 2 rings (SSSR count). The van der Waals surface area contributed by atoms with Crippen LogP contribution in [0.4, 0.5) is 0 Å². The van der Waals surface area contributed by atoms with Gasteiger partial charge in [-0.2, -0.15) is 0 Å². The van der Waals surface area contributed by atoms with E-state index < -0.39 is 0 Å². The van der Waals surface area contributed by atoms with Crippen molar-refractivity contribution in [1.29, 1.82) is 0 Å². The highest BCUT2D eigenvalue weighted by Crippen LogP contribution is 2.40. The Morgan fingerprint density at radius 2 is 1.89 bits per heavy atom. The molecule has 2 heterocycles. The molecule has 0 aromatic heterocycles. The quantitative estimate of drug-likeness (QED) is 0.571. The predicted molar refractivity (Wildman–Crippen MR) is 77.9 cm³/mol. The van der Waals surface area contributed by atoms with E-state index in [9.17, 15) is 0 Å². The summed E-state index contributed by atoms with van der Waals surface area (Å²) in [6.45, 7) is 18.1. The zero-order valence-corrected chi connectivity index (χ0v) is 12.2. The van der Waals surface area contributed by atoms with E-state index in [4.69, 9.17) is 0 Å². The van der Waals surface area contributed by atoms with E-state index in [0.29, 0.717) is 5.41 Å². The Hall–Kier alpha value is -0.380. The molecule has 0 aromatic carbocycles. The zero-order chi connectivity index (χ0) is 13.0. The van der Waals surface area contributed by atoms with Gasteiger partial charge in [0.05, 0.1) is 0 Å². The summed E-state index contributed by atoms with van der Waals surface area (Å²) >= 11 is 0. The van der Waals surface area contributed by atoms with Gasteiger partial charge in [-0.25, -0.2) is 0 Å². The standard InChI is InChI=1S/C15H29N3/c1-4-16-7-10-18-12-15(13-18)5-8-17(9-6-15)11-14(2)3/h16H,2,4-13H2,1,3H3. The maximum atomic E-state index is 4.02. The number of hydrogen-bond donors (Lipinski definition) is 1. The molecule has 0 atom stereocenters. The highest BCUT2D eigenvalue weighted by molar-refractivity contribution is 5.00. The minimum Gasteiger partial charge on any atom is -0.316 e. The number of nitrogens with one attached hydrogen (secondary N) is 1. The van der Waals surface area contributed by atoms with E-state index >= 15 is 0 Å². The maximum Gasteiger partial charge on any atom is 0.0187 e. The van der Waals surface area contributed by atoms with E-state index in [-0.39, 0.29) is 0 Å². The molecule has 0 amide bonds. The number of likely N-dealkylation sites (N-methyl/N-ethyl adjacent to an activating group) is 1. The van der Waals surface area contributed by atoms with Gasteiger partial charge in [-0.15, -0.1) is 0 Å². The number of hydrogen-bond acceptors (Lipinski definition) is 3. The largest absolute Gasteiger partial charge is 0.316 e. The smallest absolute Gasteiger partial charge is 0.0187 e. The Morgan fingerprint density at radius 3 is 2.44 bits per heavy atom. The monoisotopic (exact) mass is 251 g/mol. The highest BCUT2D eigenvalue weighted by Gasteiger charge is 2.44. The van der Waals surface area contributed by atoms with Crippen molar-refractivity contribution < 1.29 is 0 Å². The van der Waals surface area contributed by atoms with Crippen LogP contribution in [-0.4, -0.2) is 62.2 Å². The Bertz CT molecular complexity index is 271. The first kappa shape index (κ1) is 14.0. The van der Waals surface area contributed by atoms with Crippen molar-refractivity contribution in [1.82, 2.24) is 15.1 Å². The summed E-state index contributed by atoms with van der Waals surface area (Å²) in [5, 5.41) is 3.41. The second-order valence-corrected chi connectivity index (χ2v) is 6.30. The Balaban J connectivity index is 1.64. The van der Waals surface area contributed by atoms with Crippen LogP contribution in [0.5, 0.6) is 0 Å². The molecule has 3 heteroatoms. The second-order valence-electron chi connectivity index (χ2n) is 6.30. The lowest BCUT2D eigenvalue weighted by atomic mass is 9.72. The van der Waals surface area contributed by atoms with E-state index in [1.54, 1.807) is 0 Å². The molecule has 0 aliphatic carbocycles. The van der Waals surface area contributed by atoms with Crippen molar-refractivity contribution in [2.24, 2.45) is 5.41 Å². The molecule has 3 nitrogen and oxygen atoms in total. The first-order valence-electron chi connectivity index (χ1n) is 7.43. The van der Waals surface area contributed by atoms with Crippen molar-refractivity contribution in [3.05, 3.63) is 12.2 Å². The Labute approximate surface area is 112 Å². The summed E-state index contributed by atoms with van der Waals surface area (Å²) in [4.78, 5) is 5.17. The summed E-state index contributed by atoms with van der Waals surface area (Å²) in [6, 6.07) is 0. The number of nitrogens with zero attached hydrogens (tertiary/aromatic N) is 2. The molecule has 2 fully saturated rings. The third-order valence-electron chi connectivity index (χ3n) is 4.38. The predicted octanol–water partition coefficient (Wildman–Crippen LogP) is 1.57. The van der Waals surface area contributed by atoms with E-state index in [0.717, 1.165) is 19.6 Å². The van der Waals surface area contributed by atoms with E-state index in [1.165, 1.54) is 51.1 Å². The lowest BCUT2D eigenvalue weighted by Crippen LogP contribution is -2.61. The van der Waals surface area contributed by atoms with Crippen molar-refractivity contribution in [3.63, 3.8) is 0 Å². The van der Waals surface area contributed by atoms with Gasteiger partial charge < -0.3 is 10.2 Å². The molecular weight excluding hydrogens is 222 g/mol. The summed E-state index contributed by atoms with van der Waals surface area (Å²) in [5.41, 5.74) is 1.96. The molecule has 0 saturated carbocycles. The van der Waals surface area contributed by atoms with Crippen molar-refractivity contribution in [2.75, 3.05) is 52.4 Å². The van der Waals surface area contributed by atoms with Gasteiger partial charge >= 0.3 is 0 Å². The van der Waals surface area contributed by atoms with Crippen LogP contribution < -0.4 is 5.32 Å². The Kier molecular flexibility index (Phi) is 4.82. The second kappa shape index (κ2) is 6.18. The van der Waals surface area contributed by atoms with Gasteiger partial charge in [0.2, 0.25) is 0 Å². The zero-order valence-electron chi connectivity index (χ0n) is 12.2. The topological polar surface area (TPSA) is 18.5 Å². The number of likely N-dealkylation sites (tertiary alicyclic amines) is 2. The third kappa shape index (κ3) is 3.56. The summed E-state index contributed by atoms with van der Waals surface area (Å²) in [6.07, 6.45) is 2.77. The third-order valence-corrected chi connectivity index (χ3v) is 4.38. The van der Waals surface area contributed by atoms with Gasteiger partial charge in [-0.1, -0.05) is 19.1 Å². The summed E-state index contributed by atoms with van der Waals surface area (Å²) in [7, 11) is 0. The lowest BCUT2D eigenvalue weighted by Gasteiger charge is -2.54. The normalized spacial score (nSPS) is 24.1. The molecule has 104 valence electrons. The van der Waals surface area contributed by atoms with E-state index in [2.05, 4.69) is 35.5 Å². The first-order valence-corrected chi connectivity index (χ1v) is 7.43. The number of rotatable bonds is 6. The van der Waals surface area contributed by atoms with Gasteiger partial charge in [0.25, 0.3) is 0 Å². The molecular formula is C15H29N3. The van der Waals surface area contributed by atoms with Gasteiger partial charge in [-0.05, 0) is 44.8 Å². The van der Waals surface area contributed by atoms with Crippen LogP contribution in [-0.2, 0) is 0 Å². The molecule has 2 saturated heterocycles. The van der Waals surface area contributed by atoms with Crippen LogP contribution in [0, 0.1) is 5.41 Å². The molecule has 0 aromatic rings. The molecule has 0 unspecified atom stereocenters. The Morgan fingerprint density at radius 1 is 1.22 bits per heavy atom. The van der Waals surface area contributed by atoms with Crippen LogP contribution in [0.3, 0.4) is 0 Å². The van der Waals surface area contributed by atoms with Gasteiger partial charge in [0, 0.05) is 32.7 Å². The minimum atomic E-state index is 0.664. The molecule has 2 aliphatic heterocycles. The van der Waals surface area contributed by atoms with Crippen molar-refractivity contribution in [3.8, 4) is 0 Å². The van der Waals surface area contributed by atoms with Crippen molar-refractivity contribution in [2.45, 2.75) is 26.7 Å². The van der Waals surface area contributed by atoms with Crippen LogP contribution in [0.25, 0.3) is 0 Å². The van der Waals surface area contributed by atoms with Gasteiger partial charge in [0.1, 0.15) is 0 Å². The summed E-state index contributed by atoms with van der Waals surface area (Å²) in [5.74, 6) is 0. The van der Waals surface area contributed by atoms with E-state index in [1.807, 2.05) is 0 Å². The van der Waals surface area contributed by atoms with Crippen LogP contribution >= 0.6 is 0 Å². The highest BCUT2D eigenvalue weighted by atomic mass is 15.2. The molecule has 2 aliphatic rings. The van der Waals surface area contributed by atoms with Gasteiger partial charge in [-0.3, -0.25) is 4.90 Å². The van der Waals surface area contributed by atoms with Crippen LogP contribution in [0.2, 0.25) is 0 Å².